The summed E-state index contributed by atoms with van der Waals surface area (Å²) < 4.78 is 0. The van der Waals surface area contributed by atoms with Gasteiger partial charge in [-0.15, -0.1) is 0 Å². The second kappa shape index (κ2) is 5.95. The topological polar surface area (TPSA) is 66.9 Å². The Bertz CT molecular complexity index is 566. The quantitative estimate of drug-likeness (QED) is 0.887. The first-order valence-corrected chi connectivity index (χ1v) is 6.13. The molecule has 0 bridgehead atoms. The van der Waals surface area contributed by atoms with Gasteiger partial charge in [-0.3, -0.25) is 10.3 Å². The van der Waals surface area contributed by atoms with Crippen molar-refractivity contribution in [3.63, 3.8) is 0 Å². The summed E-state index contributed by atoms with van der Waals surface area (Å²) >= 11 is 0. The van der Waals surface area contributed by atoms with Crippen molar-refractivity contribution in [2.24, 2.45) is 0 Å². The fourth-order valence-corrected chi connectivity index (χ4v) is 1.68. The van der Waals surface area contributed by atoms with Crippen LogP contribution in [0.15, 0.2) is 36.7 Å². The first-order chi connectivity index (χ1) is 9.19. The second-order valence-electron chi connectivity index (χ2n) is 4.10. The van der Waals surface area contributed by atoms with Gasteiger partial charge in [0.1, 0.15) is 5.82 Å². The Labute approximate surface area is 112 Å². The number of aromatic nitrogens is 2. The molecule has 98 valence electrons. The van der Waals surface area contributed by atoms with Crippen molar-refractivity contribution >= 4 is 11.8 Å². The number of amides is 2. The van der Waals surface area contributed by atoms with Crippen LogP contribution in [0.4, 0.5) is 10.6 Å². The van der Waals surface area contributed by atoms with Crippen LogP contribution in [0, 0.1) is 6.92 Å². The summed E-state index contributed by atoms with van der Waals surface area (Å²) in [6, 6.07) is 7.38. The first-order valence-electron chi connectivity index (χ1n) is 6.13. The van der Waals surface area contributed by atoms with Crippen LogP contribution in [0.5, 0.6) is 0 Å². The van der Waals surface area contributed by atoms with Crippen LogP contribution in [0.1, 0.15) is 12.6 Å². The summed E-state index contributed by atoms with van der Waals surface area (Å²) in [5, 5.41) is 5.31. The number of carbonyl (C=O) groups excluding carboxylic acids is 1. The Hall–Kier alpha value is -2.43. The minimum absolute atomic E-state index is 0.248. The minimum Gasteiger partial charge on any atom is -0.338 e. The Kier molecular flexibility index (Phi) is 4.07. The minimum atomic E-state index is -0.248. The number of hydrogen-bond donors (Lipinski definition) is 2. The fourth-order valence-electron chi connectivity index (χ4n) is 1.68. The van der Waals surface area contributed by atoms with Crippen molar-refractivity contribution in [3.05, 3.63) is 42.4 Å². The number of urea groups is 1. The number of nitrogens with zero attached hydrogens (tertiary/aromatic N) is 2. The zero-order valence-electron chi connectivity index (χ0n) is 11.0. The number of rotatable bonds is 3. The number of pyridine rings is 2. The lowest BCUT2D eigenvalue weighted by atomic mass is 10.1. The molecule has 2 heterocycles. The molecule has 2 aromatic heterocycles. The normalized spacial score (nSPS) is 10.0. The van der Waals surface area contributed by atoms with Crippen LogP contribution in [-0.2, 0) is 0 Å². The third-order valence-electron chi connectivity index (χ3n) is 2.57. The highest BCUT2D eigenvalue weighted by Gasteiger charge is 2.02. The third kappa shape index (κ3) is 3.51. The zero-order chi connectivity index (χ0) is 13.7. The number of nitrogens with one attached hydrogen (secondary N) is 2. The Morgan fingerprint density at radius 1 is 1.21 bits per heavy atom. The second-order valence-corrected chi connectivity index (χ2v) is 4.10. The highest BCUT2D eigenvalue weighted by molar-refractivity contribution is 5.88. The molecule has 0 spiro atoms. The number of carbonyl (C=O) groups is 1. The SMILES string of the molecule is CCNC(=O)Nc1ccc(-c2ccnc(C)c2)cn1. The van der Waals surface area contributed by atoms with Gasteiger partial charge in [-0.1, -0.05) is 0 Å². The van der Waals surface area contributed by atoms with Gasteiger partial charge in [0, 0.05) is 30.2 Å². The Balaban J connectivity index is 2.12. The highest BCUT2D eigenvalue weighted by Crippen LogP contribution is 2.19. The van der Waals surface area contributed by atoms with E-state index in [0.717, 1.165) is 16.8 Å². The van der Waals surface area contributed by atoms with Gasteiger partial charge in [-0.25, -0.2) is 9.78 Å². The molecule has 2 amide bonds. The van der Waals surface area contributed by atoms with Crippen LogP contribution in [-0.4, -0.2) is 22.5 Å². The van der Waals surface area contributed by atoms with Crippen molar-refractivity contribution in [2.75, 3.05) is 11.9 Å². The molecule has 0 radical (unpaired) electrons. The van der Waals surface area contributed by atoms with E-state index in [1.807, 2.05) is 32.0 Å². The van der Waals surface area contributed by atoms with E-state index in [-0.39, 0.29) is 6.03 Å². The molecule has 5 nitrogen and oxygen atoms in total. The van der Waals surface area contributed by atoms with Gasteiger partial charge in [-0.05, 0) is 43.7 Å². The van der Waals surface area contributed by atoms with E-state index in [1.54, 1.807) is 18.5 Å². The van der Waals surface area contributed by atoms with Gasteiger partial charge in [0.15, 0.2) is 0 Å². The van der Waals surface area contributed by atoms with Crippen LogP contribution >= 0.6 is 0 Å². The molecule has 0 aliphatic heterocycles. The van der Waals surface area contributed by atoms with Crippen molar-refractivity contribution in [1.82, 2.24) is 15.3 Å². The molecule has 0 aromatic carbocycles. The summed E-state index contributed by atoms with van der Waals surface area (Å²) in [4.78, 5) is 19.7. The Morgan fingerprint density at radius 2 is 2.05 bits per heavy atom. The molecule has 0 saturated heterocycles. The van der Waals surface area contributed by atoms with Gasteiger partial charge >= 0.3 is 6.03 Å². The predicted molar refractivity (Wildman–Crippen MR) is 74.9 cm³/mol. The van der Waals surface area contributed by atoms with E-state index < -0.39 is 0 Å². The third-order valence-corrected chi connectivity index (χ3v) is 2.57. The van der Waals surface area contributed by atoms with Crippen LogP contribution in [0.25, 0.3) is 11.1 Å². The molecule has 0 atom stereocenters. The van der Waals surface area contributed by atoms with E-state index in [2.05, 4.69) is 20.6 Å². The number of hydrogen-bond acceptors (Lipinski definition) is 3. The predicted octanol–water partition coefficient (Wildman–Crippen LogP) is 2.59. The summed E-state index contributed by atoms with van der Waals surface area (Å²) in [7, 11) is 0. The van der Waals surface area contributed by atoms with Crippen molar-refractivity contribution in [2.45, 2.75) is 13.8 Å². The molecule has 0 saturated carbocycles. The molecule has 0 aliphatic carbocycles. The average molecular weight is 256 g/mol. The maximum Gasteiger partial charge on any atom is 0.320 e. The molecular weight excluding hydrogens is 240 g/mol. The molecule has 0 fully saturated rings. The van der Waals surface area contributed by atoms with Crippen LogP contribution in [0.3, 0.4) is 0 Å². The van der Waals surface area contributed by atoms with Gasteiger partial charge in [0.2, 0.25) is 0 Å². The largest absolute Gasteiger partial charge is 0.338 e. The Morgan fingerprint density at radius 3 is 2.68 bits per heavy atom. The summed E-state index contributed by atoms with van der Waals surface area (Å²) in [5.74, 6) is 0.528. The van der Waals surface area contributed by atoms with E-state index >= 15 is 0 Å². The summed E-state index contributed by atoms with van der Waals surface area (Å²) in [5.41, 5.74) is 3.01. The van der Waals surface area contributed by atoms with Crippen molar-refractivity contribution < 1.29 is 4.79 Å². The van der Waals surface area contributed by atoms with E-state index in [1.165, 1.54) is 0 Å². The maximum atomic E-state index is 11.3. The molecule has 2 aromatic rings. The van der Waals surface area contributed by atoms with Gasteiger partial charge in [0.05, 0.1) is 0 Å². The molecule has 2 N–H and O–H groups in total. The monoisotopic (exact) mass is 256 g/mol. The highest BCUT2D eigenvalue weighted by atomic mass is 16.2. The fraction of sp³-hybridized carbons (Fsp3) is 0.214. The summed E-state index contributed by atoms with van der Waals surface area (Å²) in [6.45, 7) is 4.39. The molecule has 0 unspecified atom stereocenters. The maximum absolute atomic E-state index is 11.3. The van der Waals surface area contributed by atoms with Gasteiger partial charge in [0.25, 0.3) is 0 Å². The van der Waals surface area contributed by atoms with Crippen molar-refractivity contribution in [3.8, 4) is 11.1 Å². The molecule has 2 rings (SSSR count). The van der Waals surface area contributed by atoms with Gasteiger partial charge < -0.3 is 5.32 Å². The lowest BCUT2D eigenvalue weighted by molar-refractivity contribution is 0.252. The van der Waals surface area contributed by atoms with E-state index in [9.17, 15) is 4.79 Å². The molecular formula is C14H16N4O. The first kappa shape index (κ1) is 13.0. The van der Waals surface area contributed by atoms with E-state index in [0.29, 0.717) is 12.4 Å². The molecule has 5 heteroatoms. The van der Waals surface area contributed by atoms with Crippen LogP contribution < -0.4 is 10.6 Å². The smallest absolute Gasteiger partial charge is 0.320 e. The standard InChI is InChI=1S/C14H16N4O/c1-3-15-14(19)18-13-5-4-12(9-17-13)11-6-7-16-10(2)8-11/h4-9H,3H2,1-2H3,(H2,15,17,18,19). The lowest BCUT2D eigenvalue weighted by Gasteiger charge is -2.06. The lowest BCUT2D eigenvalue weighted by Crippen LogP contribution is -2.28. The number of anilines is 1. The number of aryl methyl sites for hydroxylation is 1. The summed E-state index contributed by atoms with van der Waals surface area (Å²) in [6.07, 6.45) is 3.50. The van der Waals surface area contributed by atoms with Crippen molar-refractivity contribution in [1.29, 1.82) is 0 Å². The molecule has 0 aliphatic rings. The average Bonchev–Trinajstić information content (AvgIpc) is 2.40. The van der Waals surface area contributed by atoms with Crippen LogP contribution in [0.2, 0.25) is 0 Å². The zero-order valence-corrected chi connectivity index (χ0v) is 11.0. The van der Waals surface area contributed by atoms with E-state index in [4.69, 9.17) is 0 Å². The van der Waals surface area contributed by atoms with Gasteiger partial charge in [-0.2, -0.15) is 0 Å². The molecule has 19 heavy (non-hydrogen) atoms.